The number of hydrogen-bond donors (Lipinski definition) is 2. The molecule has 0 aliphatic carbocycles. The van der Waals surface area contributed by atoms with Crippen LogP contribution in [0, 0.1) is 11.7 Å². The molecular weight excluding hydrogens is 245 g/mol. The van der Waals surface area contributed by atoms with Crippen LogP contribution in [0.2, 0.25) is 0 Å². The highest BCUT2D eigenvalue weighted by Crippen LogP contribution is 2.23. The van der Waals surface area contributed by atoms with Gasteiger partial charge in [-0.25, -0.2) is 4.39 Å². The average Bonchev–Trinajstić information content (AvgIpc) is 2.25. The summed E-state index contributed by atoms with van der Waals surface area (Å²) in [6, 6.07) is 5.03. The monoisotopic (exact) mass is 265 g/mol. The quantitative estimate of drug-likeness (QED) is 0.873. The molecule has 19 heavy (non-hydrogen) atoms. The Kier molecular flexibility index (Phi) is 4.04. The van der Waals surface area contributed by atoms with Crippen LogP contribution in [0.3, 0.4) is 0 Å². The first kappa shape index (κ1) is 13.8. The van der Waals surface area contributed by atoms with E-state index in [0.717, 1.165) is 0 Å². The molecule has 0 unspecified atom stereocenters. The van der Waals surface area contributed by atoms with Gasteiger partial charge in [0, 0.05) is 31.9 Å². The number of anilines is 2. The molecule has 0 saturated carbocycles. The molecule has 104 valence electrons. The molecule has 1 aliphatic rings. The molecule has 1 aromatic rings. The number of halogens is 1. The maximum atomic E-state index is 14.0. The molecule has 1 saturated heterocycles. The molecule has 4 nitrogen and oxygen atoms in total. The van der Waals surface area contributed by atoms with E-state index in [-0.39, 0.29) is 23.7 Å². The molecule has 2 N–H and O–H groups in total. The summed E-state index contributed by atoms with van der Waals surface area (Å²) in [5, 5.41) is 5.78. The molecule has 0 spiro atoms. The fourth-order valence-electron chi connectivity index (χ4n) is 1.87. The van der Waals surface area contributed by atoms with Crippen LogP contribution in [0.4, 0.5) is 15.8 Å². The van der Waals surface area contributed by atoms with E-state index in [0.29, 0.717) is 24.5 Å². The van der Waals surface area contributed by atoms with Gasteiger partial charge in [0.15, 0.2) is 0 Å². The van der Waals surface area contributed by atoms with Crippen molar-refractivity contribution in [3.8, 4) is 0 Å². The van der Waals surface area contributed by atoms with E-state index in [9.17, 15) is 9.18 Å². The summed E-state index contributed by atoms with van der Waals surface area (Å²) in [5.41, 5.74) is 1.05. The van der Waals surface area contributed by atoms with Crippen molar-refractivity contribution in [3.63, 3.8) is 0 Å². The minimum atomic E-state index is -0.319. The van der Waals surface area contributed by atoms with Crippen molar-refractivity contribution in [2.45, 2.75) is 19.9 Å². The minimum absolute atomic E-state index is 0.000996. The molecule has 1 fully saturated rings. The van der Waals surface area contributed by atoms with E-state index < -0.39 is 0 Å². The second-order valence-corrected chi connectivity index (χ2v) is 5.22. The first-order valence-electron chi connectivity index (χ1n) is 6.53. The van der Waals surface area contributed by atoms with Crippen LogP contribution in [-0.2, 0) is 4.79 Å². The van der Waals surface area contributed by atoms with E-state index in [1.807, 2.05) is 25.8 Å². The fourth-order valence-corrected chi connectivity index (χ4v) is 1.87. The Bertz CT molecular complexity index is 472. The Morgan fingerprint density at radius 2 is 2.16 bits per heavy atom. The zero-order chi connectivity index (χ0) is 14.0. The number of nitrogens with zero attached hydrogens (tertiary/aromatic N) is 1. The molecule has 1 aliphatic heterocycles. The molecule has 5 heteroatoms. The largest absolute Gasteiger partial charge is 0.370 e. The maximum Gasteiger partial charge on any atom is 0.230 e. The van der Waals surface area contributed by atoms with Crippen LogP contribution in [0.15, 0.2) is 18.2 Å². The number of carbonyl (C=O) groups is 1. The van der Waals surface area contributed by atoms with E-state index >= 15 is 0 Å². The van der Waals surface area contributed by atoms with Crippen LogP contribution >= 0.6 is 0 Å². The summed E-state index contributed by atoms with van der Waals surface area (Å²) >= 11 is 0. The molecule has 2 rings (SSSR count). The summed E-state index contributed by atoms with van der Waals surface area (Å²) in [7, 11) is 1.85. The Morgan fingerprint density at radius 3 is 2.63 bits per heavy atom. The third kappa shape index (κ3) is 3.04. The number of carbonyl (C=O) groups excluding carboxylic acids is 1. The first-order chi connectivity index (χ1) is 8.99. The number of benzene rings is 1. The van der Waals surface area contributed by atoms with Crippen LogP contribution in [-0.4, -0.2) is 32.1 Å². The van der Waals surface area contributed by atoms with Gasteiger partial charge in [0.2, 0.25) is 5.91 Å². The summed E-state index contributed by atoms with van der Waals surface area (Å²) in [6.45, 7) is 5.39. The van der Waals surface area contributed by atoms with Gasteiger partial charge in [-0.15, -0.1) is 0 Å². The van der Waals surface area contributed by atoms with Gasteiger partial charge < -0.3 is 15.5 Å². The summed E-state index contributed by atoms with van der Waals surface area (Å²) in [5.74, 6) is -0.370. The van der Waals surface area contributed by atoms with Crippen molar-refractivity contribution < 1.29 is 9.18 Å². The Hall–Kier alpha value is -1.62. The molecule has 0 aromatic heterocycles. The van der Waals surface area contributed by atoms with E-state index in [1.165, 1.54) is 6.07 Å². The number of nitrogens with one attached hydrogen (secondary N) is 2. The van der Waals surface area contributed by atoms with Gasteiger partial charge in [-0.05, 0) is 32.0 Å². The summed E-state index contributed by atoms with van der Waals surface area (Å²) in [6.07, 6.45) is 0. The standard InChI is InChI=1S/C14H20FN3O/c1-9(2)18(3)13-5-4-11(6-12(13)15)17-14(19)10-7-16-8-10/h4-6,9-10,16H,7-8H2,1-3H3,(H,17,19). The molecular formula is C14H20FN3O. The molecule has 1 aromatic carbocycles. The minimum Gasteiger partial charge on any atom is -0.370 e. The van der Waals surface area contributed by atoms with Gasteiger partial charge in [0.25, 0.3) is 0 Å². The second-order valence-electron chi connectivity index (χ2n) is 5.22. The zero-order valence-corrected chi connectivity index (χ0v) is 11.5. The summed E-state index contributed by atoms with van der Waals surface area (Å²) < 4.78 is 14.0. The second kappa shape index (κ2) is 5.57. The van der Waals surface area contributed by atoms with Gasteiger partial charge in [-0.3, -0.25) is 4.79 Å². The van der Waals surface area contributed by atoms with Crippen molar-refractivity contribution in [2.75, 3.05) is 30.4 Å². The lowest BCUT2D eigenvalue weighted by Crippen LogP contribution is -2.48. The van der Waals surface area contributed by atoms with Gasteiger partial charge in [0.05, 0.1) is 11.6 Å². The highest BCUT2D eigenvalue weighted by Gasteiger charge is 2.25. The van der Waals surface area contributed by atoms with E-state index in [1.54, 1.807) is 12.1 Å². The Morgan fingerprint density at radius 1 is 1.47 bits per heavy atom. The Balaban J connectivity index is 2.07. The topological polar surface area (TPSA) is 44.4 Å². The SMILES string of the molecule is CC(C)N(C)c1ccc(NC(=O)C2CNC2)cc1F. The third-order valence-corrected chi connectivity index (χ3v) is 3.52. The van der Waals surface area contributed by atoms with Crippen molar-refractivity contribution >= 4 is 17.3 Å². The van der Waals surface area contributed by atoms with Crippen LogP contribution < -0.4 is 15.5 Å². The number of hydrogen-bond acceptors (Lipinski definition) is 3. The predicted molar refractivity (Wildman–Crippen MR) is 74.9 cm³/mol. The summed E-state index contributed by atoms with van der Waals surface area (Å²) in [4.78, 5) is 13.6. The zero-order valence-electron chi connectivity index (χ0n) is 11.5. The highest BCUT2D eigenvalue weighted by atomic mass is 19.1. The lowest BCUT2D eigenvalue weighted by Gasteiger charge is -2.26. The van der Waals surface area contributed by atoms with E-state index in [4.69, 9.17) is 0 Å². The smallest absolute Gasteiger partial charge is 0.230 e. The fraction of sp³-hybridized carbons (Fsp3) is 0.500. The molecule has 0 atom stereocenters. The predicted octanol–water partition coefficient (Wildman–Crippen LogP) is 1.83. The van der Waals surface area contributed by atoms with Gasteiger partial charge >= 0.3 is 0 Å². The molecule has 1 heterocycles. The number of rotatable bonds is 4. The molecule has 1 amide bonds. The van der Waals surface area contributed by atoms with Gasteiger partial charge in [0.1, 0.15) is 5.82 Å². The average molecular weight is 265 g/mol. The van der Waals surface area contributed by atoms with Crippen LogP contribution in [0.25, 0.3) is 0 Å². The number of amides is 1. The third-order valence-electron chi connectivity index (χ3n) is 3.52. The molecule has 0 bridgehead atoms. The van der Waals surface area contributed by atoms with Gasteiger partial charge in [-0.2, -0.15) is 0 Å². The molecule has 0 radical (unpaired) electrons. The highest BCUT2D eigenvalue weighted by molar-refractivity contribution is 5.93. The maximum absolute atomic E-state index is 14.0. The van der Waals surface area contributed by atoms with Crippen LogP contribution in [0.5, 0.6) is 0 Å². The lowest BCUT2D eigenvalue weighted by molar-refractivity contribution is -0.121. The van der Waals surface area contributed by atoms with Crippen molar-refractivity contribution in [3.05, 3.63) is 24.0 Å². The van der Waals surface area contributed by atoms with Crippen molar-refractivity contribution in [1.82, 2.24) is 5.32 Å². The van der Waals surface area contributed by atoms with E-state index in [2.05, 4.69) is 10.6 Å². The van der Waals surface area contributed by atoms with Crippen molar-refractivity contribution in [2.24, 2.45) is 5.92 Å². The van der Waals surface area contributed by atoms with Gasteiger partial charge in [-0.1, -0.05) is 0 Å². The Labute approximate surface area is 113 Å². The van der Waals surface area contributed by atoms with Crippen molar-refractivity contribution in [1.29, 1.82) is 0 Å². The lowest BCUT2D eigenvalue weighted by atomic mass is 10.0. The first-order valence-corrected chi connectivity index (χ1v) is 6.53. The van der Waals surface area contributed by atoms with Crippen LogP contribution in [0.1, 0.15) is 13.8 Å². The normalized spacial score (nSPS) is 15.2.